The van der Waals surface area contributed by atoms with Crippen LogP contribution in [0.3, 0.4) is 0 Å². The third-order valence-electron chi connectivity index (χ3n) is 7.90. The minimum atomic E-state index is 0.366. The molecule has 4 rings (SSSR count). The number of carbonyl (C=O) groups excluding carboxylic acids is 1. The van der Waals surface area contributed by atoms with Crippen molar-refractivity contribution in [2.75, 3.05) is 13.1 Å². The minimum absolute atomic E-state index is 0.366. The molecule has 130 valence electrons. The van der Waals surface area contributed by atoms with Crippen molar-refractivity contribution in [3.8, 4) is 0 Å². The number of likely N-dealkylation sites (tertiary alicyclic amines) is 1. The Labute approximate surface area is 142 Å². The predicted molar refractivity (Wildman–Crippen MR) is 94.0 cm³/mol. The van der Waals surface area contributed by atoms with Gasteiger partial charge in [-0.05, 0) is 61.7 Å². The zero-order valence-corrected chi connectivity index (χ0v) is 15.0. The molecule has 0 radical (unpaired) electrons. The second-order valence-electron chi connectivity index (χ2n) is 9.23. The molecular formula is C21H35NO. The van der Waals surface area contributed by atoms with E-state index in [4.69, 9.17) is 0 Å². The monoisotopic (exact) mass is 317 g/mol. The molecule has 4 aliphatic rings. The van der Waals surface area contributed by atoms with Crippen molar-refractivity contribution in [3.63, 3.8) is 0 Å². The Morgan fingerprint density at radius 2 is 1.57 bits per heavy atom. The fourth-order valence-electron chi connectivity index (χ4n) is 6.59. The molecule has 0 aromatic carbocycles. The van der Waals surface area contributed by atoms with Crippen LogP contribution in [0.5, 0.6) is 0 Å². The van der Waals surface area contributed by atoms with Gasteiger partial charge >= 0.3 is 0 Å². The van der Waals surface area contributed by atoms with E-state index in [2.05, 4.69) is 11.8 Å². The van der Waals surface area contributed by atoms with Gasteiger partial charge in [-0.25, -0.2) is 0 Å². The maximum Gasteiger partial charge on any atom is 0.225 e. The molecule has 0 aromatic heterocycles. The average molecular weight is 318 g/mol. The van der Waals surface area contributed by atoms with Crippen LogP contribution < -0.4 is 0 Å². The van der Waals surface area contributed by atoms with Crippen molar-refractivity contribution >= 4 is 5.91 Å². The van der Waals surface area contributed by atoms with E-state index in [9.17, 15) is 4.79 Å². The highest BCUT2D eigenvalue weighted by Crippen LogP contribution is 2.48. The van der Waals surface area contributed by atoms with Gasteiger partial charge in [-0.3, -0.25) is 4.79 Å². The maximum atomic E-state index is 13.2. The first-order chi connectivity index (χ1) is 11.2. The molecule has 0 bridgehead atoms. The van der Waals surface area contributed by atoms with E-state index < -0.39 is 0 Å². The van der Waals surface area contributed by atoms with Gasteiger partial charge in [0.2, 0.25) is 5.91 Å². The lowest BCUT2D eigenvalue weighted by molar-refractivity contribution is -0.136. The first-order valence-electron chi connectivity index (χ1n) is 10.5. The molecule has 6 unspecified atom stereocenters. The third-order valence-corrected chi connectivity index (χ3v) is 7.90. The molecule has 2 heteroatoms. The van der Waals surface area contributed by atoms with Crippen molar-refractivity contribution in [2.45, 2.75) is 77.6 Å². The van der Waals surface area contributed by atoms with E-state index in [1.807, 2.05) is 0 Å². The highest BCUT2D eigenvalue weighted by molar-refractivity contribution is 5.79. The van der Waals surface area contributed by atoms with Crippen molar-refractivity contribution in [1.29, 1.82) is 0 Å². The first-order valence-corrected chi connectivity index (χ1v) is 10.5. The molecule has 1 amide bonds. The molecule has 1 heterocycles. The summed E-state index contributed by atoms with van der Waals surface area (Å²) in [4.78, 5) is 15.5. The van der Waals surface area contributed by atoms with Crippen LogP contribution in [0.1, 0.15) is 77.6 Å². The molecule has 3 aliphatic carbocycles. The van der Waals surface area contributed by atoms with E-state index in [0.717, 1.165) is 42.7 Å². The van der Waals surface area contributed by atoms with Gasteiger partial charge in [-0.1, -0.05) is 45.4 Å². The lowest BCUT2D eigenvalue weighted by atomic mass is 9.75. The summed E-state index contributed by atoms with van der Waals surface area (Å²) in [5.41, 5.74) is 0. The van der Waals surface area contributed by atoms with E-state index >= 15 is 0 Å². The van der Waals surface area contributed by atoms with E-state index in [0.29, 0.717) is 11.8 Å². The zero-order valence-electron chi connectivity index (χ0n) is 15.0. The summed E-state index contributed by atoms with van der Waals surface area (Å²) in [6.07, 6.45) is 14.9. The van der Waals surface area contributed by atoms with Crippen LogP contribution in [-0.4, -0.2) is 23.9 Å². The van der Waals surface area contributed by atoms with Gasteiger partial charge in [0.1, 0.15) is 0 Å². The van der Waals surface area contributed by atoms with Crippen LogP contribution in [0.4, 0.5) is 0 Å². The van der Waals surface area contributed by atoms with Crippen molar-refractivity contribution in [3.05, 3.63) is 0 Å². The highest BCUT2D eigenvalue weighted by atomic mass is 16.2. The molecule has 3 saturated carbocycles. The van der Waals surface area contributed by atoms with Crippen LogP contribution in [0.2, 0.25) is 0 Å². The van der Waals surface area contributed by atoms with Crippen LogP contribution >= 0.6 is 0 Å². The number of hydrogen-bond donors (Lipinski definition) is 0. The molecule has 0 N–H and O–H groups in total. The van der Waals surface area contributed by atoms with E-state index in [1.165, 1.54) is 70.6 Å². The van der Waals surface area contributed by atoms with Gasteiger partial charge < -0.3 is 4.90 Å². The van der Waals surface area contributed by atoms with E-state index in [-0.39, 0.29) is 0 Å². The molecule has 1 saturated heterocycles. The lowest BCUT2D eigenvalue weighted by Crippen LogP contribution is -2.39. The highest BCUT2D eigenvalue weighted by Gasteiger charge is 2.43. The van der Waals surface area contributed by atoms with Gasteiger partial charge in [-0.15, -0.1) is 0 Å². The fraction of sp³-hybridized carbons (Fsp3) is 0.952. The molecule has 1 aliphatic heterocycles. The third kappa shape index (κ3) is 3.20. The second kappa shape index (κ2) is 6.76. The first kappa shape index (κ1) is 16.0. The molecular weight excluding hydrogens is 282 g/mol. The molecule has 2 nitrogen and oxygen atoms in total. The van der Waals surface area contributed by atoms with Crippen LogP contribution in [0.15, 0.2) is 0 Å². The number of nitrogens with zero attached hydrogens (tertiary/aromatic N) is 1. The summed E-state index contributed by atoms with van der Waals surface area (Å²) in [5, 5.41) is 0. The maximum absolute atomic E-state index is 13.2. The summed E-state index contributed by atoms with van der Waals surface area (Å²) < 4.78 is 0. The summed E-state index contributed by atoms with van der Waals surface area (Å²) >= 11 is 0. The lowest BCUT2D eigenvalue weighted by Gasteiger charge is -2.33. The summed E-state index contributed by atoms with van der Waals surface area (Å²) in [5.74, 6) is 5.22. The number of rotatable bonds is 1. The topological polar surface area (TPSA) is 20.3 Å². The van der Waals surface area contributed by atoms with Gasteiger partial charge in [0.15, 0.2) is 0 Å². The van der Waals surface area contributed by atoms with Crippen molar-refractivity contribution in [2.24, 2.45) is 35.5 Å². The van der Waals surface area contributed by atoms with Crippen molar-refractivity contribution in [1.82, 2.24) is 4.90 Å². The quantitative estimate of drug-likeness (QED) is 0.675. The Balaban J connectivity index is 1.40. The minimum Gasteiger partial charge on any atom is -0.342 e. The van der Waals surface area contributed by atoms with Gasteiger partial charge in [-0.2, -0.15) is 0 Å². The Hall–Kier alpha value is -0.530. The Morgan fingerprint density at radius 1 is 0.826 bits per heavy atom. The Morgan fingerprint density at radius 3 is 2.39 bits per heavy atom. The largest absolute Gasteiger partial charge is 0.342 e. The van der Waals surface area contributed by atoms with Crippen LogP contribution in [-0.2, 0) is 4.79 Å². The summed E-state index contributed by atoms with van der Waals surface area (Å²) in [6, 6.07) is 0. The van der Waals surface area contributed by atoms with Crippen LogP contribution in [0, 0.1) is 35.5 Å². The van der Waals surface area contributed by atoms with Gasteiger partial charge in [0.25, 0.3) is 0 Å². The normalized spacial score (nSPS) is 44.3. The summed E-state index contributed by atoms with van der Waals surface area (Å²) in [6.45, 7) is 4.57. The molecule has 4 fully saturated rings. The Bertz CT molecular complexity index is 434. The number of amides is 1. The predicted octanol–water partition coefficient (Wildman–Crippen LogP) is 4.88. The summed E-state index contributed by atoms with van der Waals surface area (Å²) in [7, 11) is 0. The van der Waals surface area contributed by atoms with E-state index in [1.54, 1.807) is 0 Å². The Kier molecular flexibility index (Phi) is 4.70. The standard InChI is InChI=1S/C21H35NO/c1-15-6-4-9-17-12-19(13-20(15)17)21(23)22-11-5-10-16-7-2-3-8-18(16)14-22/h15-20H,2-14H2,1H3. The van der Waals surface area contributed by atoms with Crippen molar-refractivity contribution < 1.29 is 4.79 Å². The smallest absolute Gasteiger partial charge is 0.225 e. The van der Waals surface area contributed by atoms with Gasteiger partial charge in [0.05, 0.1) is 0 Å². The molecule has 6 atom stereocenters. The molecule has 0 aromatic rings. The van der Waals surface area contributed by atoms with Gasteiger partial charge in [0, 0.05) is 19.0 Å². The SMILES string of the molecule is CC1CCCC2CC(C(=O)N3CCCC4CCCCC4C3)CC12. The molecule has 0 spiro atoms. The molecule has 23 heavy (non-hydrogen) atoms. The second-order valence-corrected chi connectivity index (χ2v) is 9.23. The number of hydrogen-bond acceptors (Lipinski definition) is 1. The fourth-order valence-corrected chi connectivity index (χ4v) is 6.59. The van der Waals surface area contributed by atoms with Crippen LogP contribution in [0.25, 0.3) is 0 Å². The average Bonchev–Trinajstić information content (AvgIpc) is 2.89. The number of fused-ring (bicyclic) bond motifs is 2. The zero-order chi connectivity index (χ0) is 15.8. The number of carbonyl (C=O) groups is 1.